The molecule has 170 valence electrons. The largest absolute Gasteiger partial charge is 0.493 e. The molecule has 3 aromatic rings. The zero-order chi connectivity index (χ0) is 22.9. The van der Waals surface area contributed by atoms with Crippen LogP contribution in [-0.4, -0.2) is 34.8 Å². The van der Waals surface area contributed by atoms with Crippen molar-refractivity contribution in [3.8, 4) is 11.5 Å². The van der Waals surface area contributed by atoms with Crippen molar-refractivity contribution in [2.45, 2.75) is 44.5 Å². The summed E-state index contributed by atoms with van der Waals surface area (Å²) in [6.07, 6.45) is 3.59. The maximum atomic E-state index is 5.85. The van der Waals surface area contributed by atoms with Gasteiger partial charge < -0.3 is 9.47 Å². The second kappa shape index (κ2) is 12.1. The van der Waals surface area contributed by atoms with Crippen LogP contribution in [0.3, 0.4) is 0 Å². The molecule has 0 aliphatic carbocycles. The summed E-state index contributed by atoms with van der Waals surface area (Å²) in [6, 6.07) is 14.1. The monoisotopic (exact) mass is 516 g/mol. The van der Waals surface area contributed by atoms with Crippen molar-refractivity contribution < 1.29 is 9.47 Å². The van der Waals surface area contributed by atoms with Crippen molar-refractivity contribution in [2.75, 3.05) is 13.7 Å². The van der Waals surface area contributed by atoms with E-state index in [1.54, 1.807) is 25.1 Å². The average molecular weight is 517 g/mol. The highest BCUT2D eigenvalue weighted by Gasteiger charge is 2.12. The van der Waals surface area contributed by atoms with Crippen LogP contribution in [0, 0.1) is 5.92 Å². The Labute approximate surface area is 202 Å². The first-order valence-electron chi connectivity index (χ1n) is 10.7. The standard InChI is InChI=1S/C24H29BrN4O2S/c1-5-6-23-27-28-24(32-16-18-7-10-20(25)11-8-18)29(23)26-14-19-9-12-21(22(13-19)30-4)31-15-17(2)3/h7-14,17H,5-6,15-16H2,1-4H3/b26-14-. The van der Waals surface area contributed by atoms with Crippen LogP contribution < -0.4 is 9.47 Å². The number of aryl methyl sites for hydroxylation is 1. The second-order valence-electron chi connectivity index (χ2n) is 7.74. The van der Waals surface area contributed by atoms with Gasteiger partial charge in [0.15, 0.2) is 17.3 Å². The fourth-order valence-corrected chi connectivity index (χ4v) is 4.00. The van der Waals surface area contributed by atoms with Gasteiger partial charge in [-0.05, 0) is 53.8 Å². The summed E-state index contributed by atoms with van der Waals surface area (Å²) in [4.78, 5) is 0. The topological polar surface area (TPSA) is 61.5 Å². The zero-order valence-corrected chi connectivity index (χ0v) is 21.3. The first-order valence-corrected chi connectivity index (χ1v) is 12.4. The molecule has 0 saturated heterocycles. The van der Waals surface area contributed by atoms with Crippen molar-refractivity contribution in [2.24, 2.45) is 11.0 Å². The molecule has 1 aromatic heterocycles. The first-order chi connectivity index (χ1) is 15.5. The van der Waals surface area contributed by atoms with E-state index in [-0.39, 0.29) is 0 Å². The third kappa shape index (κ3) is 6.84. The third-order valence-corrected chi connectivity index (χ3v) is 6.03. The van der Waals surface area contributed by atoms with E-state index in [4.69, 9.17) is 14.6 Å². The number of ether oxygens (including phenoxy) is 2. The summed E-state index contributed by atoms with van der Waals surface area (Å²) in [7, 11) is 1.65. The molecule has 0 amide bonds. The van der Waals surface area contributed by atoms with Crippen LogP contribution in [0.5, 0.6) is 11.5 Å². The number of nitrogens with zero attached hydrogens (tertiary/aromatic N) is 4. The second-order valence-corrected chi connectivity index (χ2v) is 9.59. The van der Waals surface area contributed by atoms with Crippen LogP contribution in [0.15, 0.2) is 57.2 Å². The maximum absolute atomic E-state index is 5.85. The van der Waals surface area contributed by atoms with Gasteiger partial charge in [-0.3, -0.25) is 0 Å². The Kier molecular flexibility index (Phi) is 9.17. The quantitative estimate of drug-likeness (QED) is 0.224. The van der Waals surface area contributed by atoms with Gasteiger partial charge in [-0.15, -0.1) is 10.2 Å². The smallest absolute Gasteiger partial charge is 0.212 e. The highest BCUT2D eigenvalue weighted by molar-refractivity contribution is 9.10. The molecule has 0 unspecified atom stereocenters. The predicted molar refractivity (Wildman–Crippen MR) is 134 cm³/mol. The summed E-state index contributed by atoms with van der Waals surface area (Å²) in [5.74, 6) is 3.52. The molecule has 6 nitrogen and oxygen atoms in total. The molecular weight excluding hydrogens is 488 g/mol. The number of halogens is 1. The predicted octanol–water partition coefficient (Wildman–Crippen LogP) is 6.21. The van der Waals surface area contributed by atoms with Crippen molar-refractivity contribution in [1.29, 1.82) is 0 Å². The third-order valence-electron chi connectivity index (χ3n) is 4.51. The van der Waals surface area contributed by atoms with Crippen LogP contribution in [-0.2, 0) is 12.2 Å². The molecule has 3 rings (SSSR count). The van der Waals surface area contributed by atoms with E-state index in [9.17, 15) is 0 Å². The Morgan fingerprint density at radius 1 is 1.12 bits per heavy atom. The van der Waals surface area contributed by atoms with Gasteiger partial charge in [0.2, 0.25) is 5.16 Å². The van der Waals surface area contributed by atoms with E-state index in [1.807, 2.05) is 35.0 Å². The van der Waals surface area contributed by atoms with Crippen LogP contribution in [0.1, 0.15) is 44.1 Å². The van der Waals surface area contributed by atoms with Gasteiger partial charge in [0.05, 0.1) is 19.9 Å². The van der Waals surface area contributed by atoms with Crippen molar-refractivity contribution in [1.82, 2.24) is 14.9 Å². The van der Waals surface area contributed by atoms with Crippen LogP contribution in [0.4, 0.5) is 0 Å². The highest BCUT2D eigenvalue weighted by Crippen LogP contribution is 2.28. The van der Waals surface area contributed by atoms with Gasteiger partial charge in [0, 0.05) is 16.6 Å². The number of hydrogen-bond acceptors (Lipinski definition) is 6. The maximum Gasteiger partial charge on any atom is 0.212 e. The molecular formula is C24H29BrN4O2S. The lowest BCUT2D eigenvalue weighted by atomic mass is 10.2. The summed E-state index contributed by atoms with van der Waals surface area (Å²) < 4.78 is 14.3. The minimum atomic E-state index is 0.444. The molecule has 0 fully saturated rings. The molecule has 0 atom stereocenters. The van der Waals surface area contributed by atoms with Crippen molar-refractivity contribution in [3.63, 3.8) is 0 Å². The van der Waals surface area contributed by atoms with Crippen LogP contribution in [0.2, 0.25) is 0 Å². The minimum absolute atomic E-state index is 0.444. The molecule has 0 saturated carbocycles. The summed E-state index contributed by atoms with van der Waals surface area (Å²) in [6.45, 7) is 7.00. The number of methoxy groups -OCH3 is 1. The van der Waals surface area contributed by atoms with E-state index < -0.39 is 0 Å². The Bertz CT molecular complexity index is 1030. The number of rotatable bonds is 11. The van der Waals surface area contributed by atoms with Crippen molar-refractivity contribution >= 4 is 33.9 Å². The van der Waals surface area contributed by atoms with Gasteiger partial charge >= 0.3 is 0 Å². The highest BCUT2D eigenvalue weighted by atomic mass is 79.9. The molecule has 0 radical (unpaired) electrons. The molecule has 0 aliphatic heterocycles. The lowest BCUT2D eigenvalue weighted by molar-refractivity contribution is 0.257. The molecule has 32 heavy (non-hydrogen) atoms. The molecule has 8 heteroatoms. The minimum Gasteiger partial charge on any atom is -0.493 e. The van der Waals surface area contributed by atoms with Gasteiger partial charge in [0.1, 0.15) is 0 Å². The molecule has 0 bridgehead atoms. The van der Waals surface area contributed by atoms with E-state index >= 15 is 0 Å². The number of thioether (sulfide) groups is 1. The fraction of sp³-hybridized carbons (Fsp3) is 0.375. The Morgan fingerprint density at radius 3 is 2.59 bits per heavy atom. The molecule has 0 spiro atoms. The summed E-state index contributed by atoms with van der Waals surface area (Å²) in [5, 5.41) is 14.2. The summed E-state index contributed by atoms with van der Waals surface area (Å²) in [5.41, 5.74) is 2.13. The Balaban J connectivity index is 1.78. The molecule has 1 heterocycles. The molecule has 0 aliphatic rings. The molecule has 0 N–H and O–H groups in total. The van der Waals surface area contributed by atoms with Crippen molar-refractivity contribution in [3.05, 3.63) is 63.9 Å². The Hall–Kier alpha value is -2.32. The fourth-order valence-electron chi connectivity index (χ4n) is 2.87. The Morgan fingerprint density at radius 2 is 1.91 bits per heavy atom. The van der Waals surface area contributed by atoms with E-state index in [0.29, 0.717) is 18.3 Å². The number of benzene rings is 2. The molecule has 2 aromatic carbocycles. The van der Waals surface area contributed by atoms with E-state index in [2.05, 4.69) is 59.0 Å². The van der Waals surface area contributed by atoms with E-state index in [1.165, 1.54) is 5.56 Å². The SMILES string of the molecule is CCCc1nnc(SCc2ccc(Br)cc2)n1/N=C\c1ccc(OCC(C)C)c(OC)c1. The normalized spacial score (nSPS) is 11.4. The number of aromatic nitrogens is 3. The van der Waals surface area contributed by atoms with Gasteiger partial charge in [-0.1, -0.05) is 60.6 Å². The average Bonchev–Trinajstić information content (AvgIpc) is 3.17. The van der Waals surface area contributed by atoms with Gasteiger partial charge in [0.25, 0.3) is 0 Å². The lowest BCUT2D eigenvalue weighted by Crippen LogP contribution is -2.05. The number of hydrogen-bond donors (Lipinski definition) is 0. The van der Waals surface area contributed by atoms with Gasteiger partial charge in [-0.2, -0.15) is 9.78 Å². The first kappa shape index (κ1) is 24.3. The summed E-state index contributed by atoms with van der Waals surface area (Å²) >= 11 is 5.10. The van der Waals surface area contributed by atoms with E-state index in [0.717, 1.165) is 45.4 Å². The van der Waals surface area contributed by atoms with Crippen LogP contribution >= 0.6 is 27.7 Å². The van der Waals surface area contributed by atoms with Gasteiger partial charge in [-0.25, -0.2) is 0 Å². The zero-order valence-electron chi connectivity index (χ0n) is 18.9. The lowest BCUT2D eigenvalue weighted by Gasteiger charge is -2.12. The van der Waals surface area contributed by atoms with Crippen LogP contribution in [0.25, 0.3) is 0 Å².